The minimum Gasteiger partial charge on any atom is -0.351 e. The number of hydrogen-bond acceptors (Lipinski definition) is 4. The lowest BCUT2D eigenvalue weighted by Gasteiger charge is -2.40. The maximum atomic E-state index is 4.70. The van der Waals surface area contributed by atoms with E-state index in [-0.39, 0.29) is 0 Å². The third kappa shape index (κ3) is 2.64. The molecule has 1 saturated heterocycles. The Hall–Kier alpha value is -1.16. The summed E-state index contributed by atoms with van der Waals surface area (Å²) in [5, 5.41) is 3.38. The number of rotatable bonds is 3. The van der Waals surface area contributed by atoms with Crippen LogP contribution in [0.1, 0.15) is 37.6 Å². The van der Waals surface area contributed by atoms with Gasteiger partial charge in [-0.05, 0) is 47.1 Å². The molecule has 0 aliphatic carbocycles. The van der Waals surface area contributed by atoms with E-state index in [1.54, 1.807) is 0 Å². The Kier molecular flexibility index (Phi) is 4.17. The molecule has 0 saturated carbocycles. The fourth-order valence-corrected chi connectivity index (χ4v) is 2.73. The number of hydrogen-bond donors (Lipinski definition) is 1. The smallest absolute Gasteiger partial charge is 0.150 e. The van der Waals surface area contributed by atoms with Gasteiger partial charge in [-0.15, -0.1) is 0 Å². The van der Waals surface area contributed by atoms with Crippen LogP contribution in [-0.2, 0) is 0 Å². The first-order valence-corrected chi connectivity index (χ1v) is 6.87. The van der Waals surface area contributed by atoms with E-state index < -0.39 is 0 Å². The first kappa shape index (κ1) is 13.3. The van der Waals surface area contributed by atoms with Crippen molar-refractivity contribution in [2.75, 3.05) is 18.5 Å². The van der Waals surface area contributed by atoms with Gasteiger partial charge in [0, 0.05) is 24.8 Å². The van der Waals surface area contributed by atoms with Crippen LogP contribution in [0.2, 0.25) is 0 Å². The molecule has 100 valence electrons. The molecule has 1 aromatic rings. The maximum absolute atomic E-state index is 4.70. The highest BCUT2D eigenvalue weighted by Crippen LogP contribution is 2.26. The molecule has 0 amide bonds. The van der Waals surface area contributed by atoms with Gasteiger partial charge in [0.05, 0.1) is 11.4 Å². The Morgan fingerprint density at radius 2 is 2.17 bits per heavy atom. The summed E-state index contributed by atoms with van der Waals surface area (Å²) in [6, 6.07) is 1.01. The van der Waals surface area contributed by atoms with Gasteiger partial charge in [0.25, 0.3) is 0 Å². The number of likely N-dealkylation sites (N-methyl/N-ethyl adjacent to an activating group) is 1. The topological polar surface area (TPSA) is 41.0 Å². The predicted octanol–water partition coefficient (Wildman–Crippen LogP) is 2.06. The van der Waals surface area contributed by atoms with Crippen LogP contribution in [0.3, 0.4) is 0 Å². The lowest BCUT2D eigenvalue weighted by Crippen LogP contribution is -2.51. The van der Waals surface area contributed by atoms with Crippen molar-refractivity contribution >= 4 is 5.82 Å². The fourth-order valence-electron chi connectivity index (χ4n) is 2.73. The van der Waals surface area contributed by atoms with Crippen molar-refractivity contribution in [2.24, 2.45) is 0 Å². The number of nitrogens with one attached hydrogen (secondary N) is 1. The molecular weight excluding hydrogens is 224 g/mol. The van der Waals surface area contributed by atoms with Crippen molar-refractivity contribution < 1.29 is 0 Å². The zero-order chi connectivity index (χ0) is 13.1. The second-order valence-electron chi connectivity index (χ2n) is 5.25. The summed E-state index contributed by atoms with van der Waals surface area (Å²) in [5.74, 6) is 1.07. The predicted molar refractivity (Wildman–Crippen MR) is 75.0 cm³/mol. The van der Waals surface area contributed by atoms with E-state index >= 15 is 0 Å². The molecule has 1 aromatic heterocycles. The molecule has 1 aliphatic heterocycles. The quantitative estimate of drug-likeness (QED) is 0.889. The molecule has 4 nitrogen and oxygen atoms in total. The third-order valence-corrected chi connectivity index (χ3v) is 3.90. The third-order valence-electron chi connectivity index (χ3n) is 3.90. The van der Waals surface area contributed by atoms with Crippen molar-refractivity contribution in [1.29, 1.82) is 0 Å². The highest BCUT2D eigenvalue weighted by molar-refractivity contribution is 5.45. The van der Waals surface area contributed by atoms with Gasteiger partial charge in [-0.1, -0.05) is 0 Å². The van der Waals surface area contributed by atoms with Crippen LogP contribution >= 0.6 is 0 Å². The molecule has 18 heavy (non-hydrogen) atoms. The van der Waals surface area contributed by atoms with E-state index in [1.165, 1.54) is 19.3 Å². The molecule has 2 rings (SSSR count). The lowest BCUT2D eigenvalue weighted by atomic mass is 9.96. The maximum Gasteiger partial charge on any atom is 0.150 e. The molecule has 2 atom stereocenters. The van der Waals surface area contributed by atoms with E-state index in [2.05, 4.69) is 29.0 Å². The van der Waals surface area contributed by atoms with Gasteiger partial charge in [-0.25, -0.2) is 4.98 Å². The average molecular weight is 248 g/mol. The van der Waals surface area contributed by atoms with Gasteiger partial charge in [0.15, 0.2) is 5.82 Å². The summed E-state index contributed by atoms with van der Waals surface area (Å²) < 4.78 is 0. The van der Waals surface area contributed by atoms with Gasteiger partial charge in [-0.2, -0.15) is 0 Å². The van der Waals surface area contributed by atoms with Crippen LogP contribution in [0.4, 0.5) is 5.82 Å². The van der Waals surface area contributed by atoms with E-state index in [1.807, 2.05) is 20.2 Å². The van der Waals surface area contributed by atoms with E-state index in [4.69, 9.17) is 4.98 Å². The molecule has 4 heteroatoms. The minimum absolute atomic E-state index is 0.479. The summed E-state index contributed by atoms with van der Waals surface area (Å²) in [4.78, 5) is 11.6. The molecule has 2 unspecified atom stereocenters. The summed E-state index contributed by atoms with van der Waals surface area (Å²) in [7, 11) is 2.03. The normalized spacial score (nSPS) is 22.0. The largest absolute Gasteiger partial charge is 0.351 e. The SMILES string of the molecule is CNC(C)C1CCCCN1c1nc(C)cnc1C. The molecule has 0 radical (unpaired) electrons. The van der Waals surface area contributed by atoms with Crippen molar-refractivity contribution in [3.8, 4) is 0 Å². The minimum atomic E-state index is 0.479. The molecule has 1 N–H and O–H groups in total. The van der Waals surface area contributed by atoms with Crippen LogP contribution < -0.4 is 10.2 Å². The number of aryl methyl sites for hydroxylation is 2. The molecular formula is C14H24N4. The Balaban J connectivity index is 2.30. The van der Waals surface area contributed by atoms with Crippen molar-refractivity contribution in [3.63, 3.8) is 0 Å². The Labute approximate surface area is 110 Å². The molecule has 0 bridgehead atoms. The van der Waals surface area contributed by atoms with E-state index in [0.29, 0.717) is 12.1 Å². The van der Waals surface area contributed by atoms with Gasteiger partial charge < -0.3 is 10.2 Å². The molecule has 0 aromatic carbocycles. The molecule has 1 fully saturated rings. The number of piperidine rings is 1. The zero-order valence-corrected chi connectivity index (χ0v) is 11.9. The van der Waals surface area contributed by atoms with Gasteiger partial charge in [-0.3, -0.25) is 4.98 Å². The average Bonchev–Trinajstić information content (AvgIpc) is 2.40. The summed E-state index contributed by atoms with van der Waals surface area (Å²) in [6.07, 6.45) is 5.64. The summed E-state index contributed by atoms with van der Waals surface area (Å²) in [5.41, 5.74) is 2.04. The monoisotopic (exact) mass is 248 g/mol. The highest BCUT2D eigenvalue weighted by atomic mass is 15.2. The van der Waals surface area contributed by atoms with Gasteiger partial charge in [0.2, 0.25) is 0 Å². The lowest BCUT2D eigenvalue weighted by molar-refractivity contribution is 0.379. The van der Waals surface area contributed by atoms with Crippen molar-refractivity contribution in [2.45, 2.75) is 52.1 Å². The molecule has 2 heterocycles. The van der Waals surface area contributed by atoms with E-state index in [9.17, 15) is 0 Å². The summed E-state index contributed by atoms with van der Waals surface area (Å²) in [6.45, 7) is 7.41. The number of nitrogens with zero attached hydrogens (tertiary/aromatic N) is 3. The second-order valence-corrected chi connectivity index (χ2v) is 5.25. The fraction of sp³-hybridized carbons (Fsp3) is 0.714. The van der Waals surface area contributed by atoms with E-state index in [0.717, 1.165) is 23.8 Å². The standard InChI is InChI=1S/C14H24N4/c1-10-9-16-12(3)14(17-10)18-8-6-5-7-13(18)11(2)15-4/h9,11,13,15H,5-8H2,1-4H3. The Morgan fingerprint density at radius 1 is 1.39 bits per heavy atom. The molecule has 1 aliphatic rings. The second kappa shape index (κ2) is 5.65. The first-order valence-electron chi connectivity index (χ1n) is 6.87. The van der Waals surface area contributed by atoms with Crippen LogP contribution in [0.25, 0.3) is 0 Å². The zero-order valence-electron chi connectivity index (χ0n) is 11.9. The number of aromatic nitrogens is 2. The van der Waals surface area contributed by atoms with Gasteiger partial charge in [0.1, 0.15) is 0 Å². The first-order chi connectivity index (χ1) is 8.63. The highest BCUT2D eigenvalue weighted by Gasteiger charge is 2.28. The molecule has 0 spiro atoms. The summed E-state index contributed by atoms with van der Waals surface area (Å²) >= 11 is 0. The van der Waals surface area contributed by atoms with Crippen molar-refractivity contribution in [1.82, 2.24) is 15.3 Å². The Bertz CT molecular complexity index is 405. The van der Waals surface area contributed by atoms with Crippen LogP contribution in [0.15, 0.2) is 6.20 Å². The van der Waals surface area contributed by atoms with Crippen molar-refractivity contribution in [3.05, 3.63) is 17.6 Å². The number of anilines is 1. The van der Waals surface area contributed by atoms with Crippen LogP contribution in [-0.4, -0.2) is 35.6 Å². The van der Waals surface area contributed by atoms with Crippen LogP contribution in [0, 0.1) is 13.8 Å². The van der Waals surface area contributed by atoms with Gasteiger partial charge >= 0.3 is 0 Å². The van der Waals surface area contributed by atoms with Crippen LogP contribution in [0.5, 0.6) is 0 Å². The Morgan fingerprint density at radius 3 is 2.89 bits per heavy atom.